The Hall–Kier alpha value is -2.83. The van der Waals surface area contributed by atoms with E-state index in [0.29, 0.717) is 23.5 Å². The van der Waals surface area contributed by atoms with Gasteiger partial charge >= 0.3 is 0 Å². The van der Waals surface area contributed by atoms with Crippen LogP contribution in [0.15, 0.2) is 36.7 Å². The number of likely N-dealkylation sites (N-methyl/N-ethyl adjacent to an activating group) is 1. The number of ether oxygens (including phenoxy) is 1. The minimum absolute atomic E-state index is 0.0149. The van der Waals surface area contributed by atoms with Crippen molar-refractivity contribution in [3.63, 3.8) is 0 Å². The molecule has 2 amide bonds. The zero-order valence-electron chi connectivity index (χ0n) is 15.6. The summed E-state index contributed by atoms with van der Waals surface area (Å²) in [6, 6.07) is 7.40. The van der Waals surface area contributed by atoms with Crippen molar-refractivity contribution in [3.05, 3.63) is 42.2 Å². The molecule has 0 unspecified atom stereocenters. The molecule has 1 spiro atoms. The van der Waals surface area contributed by atoms with Crippen LogP contribution in [0.1, 0.15) is 36.0 Å². The largest absolute Gasteiger partial charge is 0.485 e. The number of para-hydroxylation sites is 1. The predicted molar refractivity (Wildman–Crippen MR) is 101 cm³/mol. The normalized spacial score (nSPS) is 24.9. The van der Waals surface area contributed by atoms with E-state index in [1.54, 1.807) is 28.0 Å². The number of hydrogen-bond acceptors (Lipinski definition) is 4. The lowest BCUT2D eigenvalue weighted by atomic mass is 9.78. The molecule has 1 aliphatic carbocycles. The van der Waals surface area contributed by atoms with Gasteiger partial charge in [0.1, 0.15) is 11.4 Å². The maximum Gasteiger partial charge on any atom is 0.257 e. The molecular formula is C20H24N4O3. The first-order valence-corrected chi connectivity index (χ1v) is 9.29. The number of nitrogens with zero attached hydrogens (tertiary/aromatic N) is 3. The second-order valence-corrected chi connectivity index (χ2v) is 7.61. The summed E-state index contributed by atoms with van der Waals surface area (Å²) in [5.41, 5.74) is 0.892. The highest BCUT2D eigenvalue weighted by Gasteiger charge is 2.43. The lowest BCUT2D eigenvalue weighted by Crippen LogP contribution is -2.49. The average molecular weight is 368 g/mol. The van der Waals surface area contributed by atoms with Gasteiger partial charge in [-0.05, 0) is 37.8 Å². The van der Waals surface area contributed by atoms with Gasteiger partial charge in [0.25, 0.3) is 5.91 Å². The van der Waals surface area contributed by atoms with Crippen molar-refractivity contribution in [2.24, 2.45) is 13.0 Å². The molecule has 1 aromatic carbocycles. The number of carbonyl (C=O) groups excluding carboxylic acids is 2. The summed E-state index contributed by atoms with van der Waals surface area (Å²) < 4.78 is 8.03. The molecule has 2 heterocycles. The zero-order valence-corrected chi connectivity index (χ0v) is 15.6. The predicted octanol–water partition coefficient (Wildman–Crippen LogP) is 2.45. The van der Waals surface area contributed by atoms with Crippen LogP contribution >= 0.6 is 0 Å². The van der Waals surface area contributed by atoms with Gasteiger partial charge in [0.15, 0.2) is 0 Å². The monoisotopic (exact) mass is 368 g/mol. The molecule has 7 nitrogen and oxygen atoms in total. The van der Waals surface area contributed by atoms with Crippen LogP contribution in [0, 0.1) is 5.92 Å². The van der Waals surface area contributed by atoms with Crippen LogP contribution in [0.2, 0.25) is 0 Å². The van der Waals surface area contributed by atoms with Gasteiger partial charge in [-0.15, -0.1) is 0 Å². The number of carbonyl (C=O) groups is 2. The van der Waals surface area contributed by atoms with Crippen molar-refractivity contribution >= 4 is 17.5 Å². The number of anilines is 1. The molecule has 142 valence electrons. The first-order chi connectivity index (χ1) is 13.0. The van der Waals surface area contributed by atoms with Gasteiger partial charge in [-0.25, -0.2) is 0 Å². The van der Waals surface area contributed by atoms with E-state index in [9.17, 15) is 9.59 Å². The Labute approximate surface area is 158 Å². The second-order valence-electron chi connectivity index (χ2n) is 7.61. The number of benzene rings is 1. The van der Waals surface area contributed by atoms with Crippen molar-refractivity contribution in [2.45, 2.75) is 31.3 Å². The van der Waals surface area contributed by atoms with Crippen LogP contribution < -0.4 is 10.1 Å². The summed E-state index contributed by atoms with van der Waals surface area (Å²) >= 11 is 0. The Morgan fingerprint density at radius 3 is 2.70 bits per heavy atom. The highest BCUT2D eigenvalue weighted by atomic mass is 16.5. The van der Waals surface area contributed by atoms with E-state index in [-0.39, 0.29) is 17.7 Å². The quantitative estimate of drug-likeness (QED) is 0.883. The number of amides is 2. The Morgan fingerprint density at radius 1 is 1.26 bits per heavy atom. The summed E-state index contributed by atoms with van der Waals surface area (Å²) in [5, 5.41) is 7.01. The average Bonchev–Trinajstić information content (AvgIpc) is 3.02. The molecule has 1 saturated carbocycles. The van der Waals surface area contributed by atoms with Crippen LogP contribution in [0.5, 0.6) is 5.75 Å². The van der Waals surface area contributed by atoms with Crippen LogP contribution in [0.3, 0.4) is 0 Å². The van der Waals surface area contributed by atoms with Crippen molar-refractivity contribution in [3.8, 4) is 5.75 Å². The van der Waals surface area contributed by atoms with Gasteiger partial charge in [-0.2, -0.15) is 5.10 Å². The van der Waals surface area contributed by atoms with Gasteiger partial charge in [0.2, 0.25) is 5.91 Å². The SMILES string of the molecule is CN1CC2(CCC(C(=O)Nc3cnn(C)c3)CC2)Oc2ccccc2C1=O. The molecule has 0 atom stereocenters. The highest BCUT2D eigenvalue weighted by molar-refractivity contribution is 5.97. The Balaban J connectivity index is 1.46. The van der Waals surface area contributed by atoms with Crippen molar-refractivity contribution < 1.29 is 14.3 Å². The smallest absolute Gasteiger partial charge is 0.257 e. The molecular weight excluding hydrogens is 344 g/mol. The zero-order chi connectivity index (χ0) is 19.0. The standard InChI is InChI=1S/C20H24N4O3/c1-23-13-20(27-17-6-4-3-5-16(17)19(23)26)9-7-14(8-10-20)18(25)22-15-11-21-24(2)12-15/h3-6,11-12,14H,7-10,13H2,1-2H3,(H,22,25). The fraction of sp³-hybridized carbons (Fsp3) is 0.450. The van der Waals surface area contributed by atoms with E-state index in [1.165, 1.54) is 0 Å². The highest BCUT2D eigenvalue weighted by Crippen LogP contribution is 2.40. The fourth-order valence-electron chi connectivity index (χ4n) is 4.10. The number of aryl methyl sites for hydroxylation is 1. The number of rotatable bonds is 2. The van der Waals surface area contributed by atoms with E-state index in [0.717, 1.165) is 25.7 Å². The van der Waals surface area contributed by atoms with E-state index in [2.05, 4.69) is 10.4 Å². The van der Waals surface area contributed by atoms with E-state index in [4.69, 9.17) is 4.74 Å². The first-order valence-electron chi connectivity index (χ1n) is 9.29. The maximum absolute atomic E-state index is 12.6. The van der Waals surface area contributed by atoms with Gasteiger partial charge in [0, 0.05) is 26.2 Å². The molecule has 0 radical (unpaired) electrons. The minimum atomic E-state index is -0.428. The number of fused-ring (bicyclic) bond motifs is 1. The Bertz CT molecular complexity index is 868. The first kappa shape index (κ1) is 17.6. The fourth-order valence-corrected chi connectivity index (χ4v) is 4.10. The maximum atomic E-state index is 12.6. The molecule has 2 aliphatic rings. The Morgan fingerprint density at radius 2 is 2.00 bits per heavy atom. The molecule has 0 saturated heterocycles. The summed E-state index contributed by atoms with van der Waals surface area (Å²) in [6.45, 7) is 0.539. The lowest BCUT2D eigenvalue weighted by molar-refractivity contribution is -0.122. The number of hydrogen-bond donors (Lipinski definition) is 1. The third-order valence-corrected chi connectivity index (χ3v) is 5.56. The van der Waals surface area contributed by atoms with Crippen LogP contribution in [0.4, 0.5) is 5.69 Å². The van der Waals surface area contributed by atoms with Crippen molar-refractivity contribution in [2.75, 3.05) is 18.9 Å². The number of aromatic nitrogens is 2. The van der Waals surface area contributed by atoms with Crippen LogP contribution in [-0.4, -0.2) is 45.7 Å². The summed E-state index contributed by atoms with van der Waals surface area (Å²) in [7, 11) is 3.63. The summed E-state index contributed by atoms with van der Waals surface area (Å²) in [4.78, 5) is 26.9. The third-order valence-electron chi connectivity index (χ3n) is 5.56. The molecule has 27 heavy (non-hydrogen) atoms. The number of nitrogens with one attached hydrogen (secondary N) is 1. The molecule has 0 bridgehead atoms. The third kappa shape index (κ3) is 3.41. The molecule has 1 aromatic heterocycles. The topological polar surface area (TPSA) is 76.5 Å². The lowest BCUT2D eigenvalue weighted by Gasteiger charge is -2.40. The van der Waals surface area contributed by atoms with Crippen molar-refractivity contribution in [1.29, 1.82) is 0 Å². The molecule has 1 N–H and O–H groups in total. The molecule has 1 aliphatic heterocycles. The van der Waals surface area contributed by atoms with Gasteiger partial charge in [-0.3, -0.25) is 14.3 Å². The molecule has 4 rings (SSSR count). The van der Waals surface area contributed by atoms with E-state index >= 15 is 0 Å². The second kappa shape index (κ2) is 6.72. The van der Waals surface area contributed by atoms with Gasteiger partial charge in [0.05, 0.1) is 24.0 Å². The van der Waals surface area contributed by atoms with E-state index < -0.39 is 5.60 Å². The van der Waals surface area contributed by atoms with Crippen LogP contribution in [-0.2, 0) is 11.8 Å². The van der Waals surface area contributed by atoms with Crippen molar-refractivity contribution in [1.82, 2.24) is 14.7 Å². The summed E-state index contributed by atoms with van der Waals surface area (Å²) in [6.07, 6.45) is 6.38. The Kier molecular flexibility index (Phi) is 4.37. The van der Waals surface area contributed by atoms with Crippen LogP contribution in [0.25, 0.3) is 0 Å². The van der Waals surface area contributed by atoms with Gasteiger partial charge in [-0.1, -0.05) is 12.1 Å². The molecule has 1 fully saturated rings. The minimum Gasteiger partial charge on any atom is -0.485 e. The van der Waals surface area contributed by atoms with E-state index in [1.807, 2.05) is 32.3 Å². The summed E-state index contributed by atoms with van der Waals surface area (Å²) in [5.74, 6) is 0.597. The van der Waals surface area contributed by atoms with Gasteiger partial charge < -0.3 is 15.0 Å². The molecule has 7 heteroatoms. The molecule has 2 aromatic rings.